The Labute approximate surface area is 126 Å². The normalized spacial score (nSPS) is 21.7. The lowest BCUT2D eigenvalue weighted by molar-refractivity contribution is -0.121. The van der Waals surface area contributed by atoms with Crippen molar-refractivity contribution in [3.05, 3.63) is 24.3 Å². The van der Waals surface area contributed by atoms with Gasteiger partial charge in [0.05, 0.1) is 7.11 Å². The van der Waals surface area contributed by atoms with Crippen molar-refractivity contribution in [2.45, 2.75) is 25.7 Å². The van der Waals surface area contributed by atoms with E-state index >= 15 is 0 Å². The number of hydrogen-bond donors (Lipinski definition) is 2. The van der Waals surface area contributed by atoms with Crippen LogP contribution in [-0.4, -0.2) is 19.6 Å². The van der Waals surface area contributed by atoms with Crippen LogP contribution in [0.2, 0.25) is 0 Å². The zero-order valence-electron chi connectivity index (χ0n) is 11.8. The standard InChI is InChI=1S/C15H22N2O2.ClH/c1-19-14-8-6-13(7-9-14)17-15(18)12-4-2-11(10-16)3-5-12;/h6-9,11-12H,2-5,10,16H2,1H3,(H,17,18);1H. The van der Waals surface area contributed by atoms with E-state index in [9.17, 15) is 4.79 Å². The number of halogens is 1. The molecule has 1 aromatic rings. The molecule has 0 unspecified atom stereocenters. The maximum Gasteiger partial charge on any atom is 0.227 e. The van der Waals surface area contributed by atoms with Crippen LogP contribution in [0.4, 0.5) is 5.69 Å². The quantitative estimate of drug-likeness (QED) is 0.898. The summed E-state index contributed by atoms with van der Waals surface area (Å²) in [5.41, 5.74) is 6.49. The van der Waals surface area contributed by atoms with Crippen molar-refractivity contribution >= 4 is 24.0 Å². The molecule has 1 saturated carbocycles. The van der Waals surface area contributed by atoms with E-state index < -0.39 is 0 Å². The van der Waals surface area contributed by atoms with E-state index in [2.05, 4.69) is 5.32 Å². The number of carbonyl (C=O) groups excluding carboxylic acids is 1. The Morgan fingerprint density at radius 1 is 1.25 bits per heavy atom. The molecule has 20 heavy (non-hydrogen) atoms. The van der Waals surface area contributed by atoms with Crippen molar-refractivity contribution in [3.63, 3.8) is 0 Å². The lowest BCUT2D eigenvalue weighted by Gasteiger charge is -2.26. The van der Waals surface area contributed by atoms with E-state index in [1.54, 1.807) is 7.11 Å². The molecule has 1 aromatic carbocycles. The number of carbonyl (C=O) groups is 1. The van der Waals surface area contributed by atoms with Gasteiger partial charge in [-0.15, -0.1) is 12.4 Å². The molecule has 0 bridgehead atoms. The topological polar surface area (TPSA) is 64.3 Å². The third kappa shape index (κ3) is 4.39. The van der Waals surface area contributed by atoms with Gasteiger partial charge in [-0.25, -0.2) is 0 Å². The molecule has 0 atom stereocenters. The highest BCUT2D eigenvalue weighted by Gasteiger charge is 2.25. The van der Waals surface area contributed by atoms with E-state index in [4.69, 9.17) is 10.5 Å². The molecule has 1 fully saturated rings. The smallest absolute Gasteiger partial charge is 0.227 e. The molecule has 112 valence electrons. The number of hydrogen-bond acceptors (Lipinski definition) is 3. The average molecular weight is 299 g/mol. The van der Waals surface area contributed by atoms with E-state index in [1.165, 1.54) is 0 Å². The van der Waals surface area contributed by atoms with Gasteiger partial charge in [-0.3, -0.25) is 4.79 Å². The highest BCUT2D eigenvalue weighted by molar-refractivity contribution is 5.92. The molecule has 0 aromatic heterocycles. The van der Waals surface area contributed by atoms with Gasteiger partial charge < -0.3 is 15.8 Å². The van der Waals surface area contributed by atoms with Crippen molar-refractivity contribution in [2.24, 2.45) is 17.6 Å². The summed E-state index contributed by atoms with van der Waals surface area (Å²) in [5, 5.41) is 2.97. The molecular weight excluding hydrogens is 276 g/mol. The van der Waals surface area contributed by atoms with Crippen LogP contribution in [0.3, 0.4) is 0 Å². The lowest BCUT2D eigenvalue weighted by Crippen LogP contribution is -2.29. The minimum absolute atomic E-state index is 0. The molecule has 5 heteroatoms. The predicted molar refractivity (Wildman–Crippen MR) is 83.4 cm³/mol. The van der Waals surface area contributed by atoms with E-state index in [1.807, 2.05) is 24.3 Å². The number of amides is 1. The van der Waals surface area contributed by atoms with Gasteiger partial charge in [-0.05, 0) is 62.4 Å². The fraction of sp³-hybridized carbons (Fsp3) is 0.533. The summed E-state index contributed by atoms with van der Waals surface area (Å²) < 4.78 is 5.09. The van der Waals surface area contributed by atoms with Gasteiger partial charge in [0.25, 0.3) is 0 Å². The Bertz CT molecular complexity index is 414. The Morgan fingerprint density at radius 2 is 1.85 bits per heavy atom. The number of anilines is 1. The van der Waals surface area contributed by atoms with Crippen LogP contribution in [0.25, 0.3) is 0 Å². The maximum absolute atomic E-state index is 12.1. The number of nitrogens with two attached hydrogens (primary N) is 1. The van der Waals surface area contributed by atoms with E-state index in [0.717, 1.165) is 43.7 Å². The molecule has 0 heterocycles. The number of rotatable bonds is 4. The zero-order valence-corrected chi connectivity index (χ0v) is 12.6. The molecule has 0 spiro atoms. The zero-order chi connectivity index (χ0) is 13.7. The SMILES string of the molecule is COc1ccc(NC(=O)C2CCC(CN)CC2)cc1.Cl. The average Bonchev–Trinajstić information content (AvgIpc) is 2.48. The summed E-state index contributed by atoms with van der Waals surface area (Å²) in [6.07, 6.45) is 4.03. The molecule has 0 aliphatic heterocycles. The van der Waals surface area contributed by atoms with Crippen molar-refractivity contribution < 1.29 is 9.53 Å². The van der Waals surface area contributed by atoms with Crippen molar-refractivity contribution in [1.82, 2.24) is 0 Å². The Kier molecular flexibility index (Phi) is 6.82. The molecule has 2 rings (SSSR count). The molecule has 0 radical (unpaired) electrons. The molecule has 1 aliphatic rings. The highest BCUT2D eigenvalue weighted by Crippen LogP contribution is 2.29. The van der Waals surface area contributed by atoms with Crippen molar-refractivity contribution in [2.75, 3.05) is 19.0 Å². The van der Waals surface area contributed by atoms with Gasteiger partial charge in [0.1, 0.15) is 5.75 Å². The monoisotopic (exact) mass is 298 g/mol. The predicted octanol–water partition coefficient (Wildman–Crippen LogP) is 2.82. The van der Waals surface area contributed by atoms with Crippen LogP contribution in [-0.2, 0) is 4.79 Å². The van der Waals surface area contributed by atoms with Crippen LogP contribution in [0.1, 0.15) is 25.7 Å². The van der Waals surface area contributed by atoms with Gasteiger partial charge in [0, 0.05) is 11.6 Å². The van der Waals surface area contributed by atoms with Gasteiger partial charge in [-0.1, -0.05) is 0 Å². The molecular formula is C15H23ClN2O2. The maximum atomic E-state index is 12.1. The molecule has 4 nitrogen and oxygen atoms in total. The van der Waals surface area contributed by atoms with Crippen molar-refractivity contribution in [1.29, 1.82) is 0 Å². The van der Waals surface area contributed by atoms with Crippen LogP contribution in [0.15, 0.2) is 24.3 Å². The second kappa shape index (κ2) is 8.12. The van der Waals surface area contributed by atoms with E-state index in [0.29, 0.717) is 5.92 Å². The first-order valence-electron chi connectivity index (χ1n) is 6.88. The number of benzene rings is 1. The van der Waals surface area contributed by atoms with Crippen LogP contribution < -0.4 is 15.8 Å². The number of ether oxygens (including phenoxy) is 1. The van der Waals surface area contributed by atoms with Gasteiger partial charge >= 0.3 is 0 Å². The third-order valence-electron chi connectivity index (χ3n) is 3.91. The van der Waals surface area contributed by atoms with Gasteiger partial charge in [0.2, 0.25) is 5.91 Å². The summed E-state index contributed by atoms with van der Waals surface area (Å²) in [4.78, 5) is 12.1. The fourth-order valence-electron chi connectivity index (χ4n) is 2.58. The first kappa shape index (κ1) is 16.8. The summed E-state index contributed by atoms with van der Waals surface area (Å²) in [7, 11) is 1.63. The summed E-state index contributed by atoms with van der Waals surface area (Å²) in [6.45, 7) is 0.743. The minimum Gasteiger partial charge on any atom is -0.497 e. The Hall–Kier alpha value is -1.26. The first-order valence-corrected chi connectivity index (χ1v) is 6.88. The van der Waals surface area contributed by atoms with Crippen LogP contribution in [0, 0.1) is 11.8 Å². The number of nitrogens with one attached hydrogen (secondary N) is 1. The van der Waals surface area contributed by atoms with Gasteiger partial charge in [0.15, 0.2) is 0 Å². The summed E-state index contributed by atoms with van der Waals surface area (Å²) >= 11 is 0. The summed E-state index contributed by atoms with van der Waals surface area (Å²) in [5.74, 6) is 1.65. The first-order chi connectivity index (χ1) is 9.22. The minimum atomic E-state index is 0. The van der Waals surface area contributed by atoms with Crippen LogP contribution in [0.5, 0.6) is 5.75 Å². The van der Waals surface area contributed by atoms with Gasteiger partial charge in [-0.2, -0.15) is 0 Å². The highest BCUT2D eigenvalue weighted by atomic mass is 35.5. The fourth-order valence-corrected chi connectivity index (χ4v) is 2.58. The van der Waals surface area contributed by atoms with Crippen molar-refractivity contribution in [3.8, 4) is 5.75 Å². The second-order valence-electron chi connectivity index (χ2n) is 5.17. The largest absolute Gasteiger partial charge is 0.497 e. The third-order valence-corrected chi connectivity index (χ3v) is 3.91. The Morgan fingerprint density at radius 3 is 2.35 bits per heavy atom. The molecule has 3 N–H and O–H groups in total. The second-order valence-corrected chi connectivity index (χ2v) is 5.17. The van der Waals surface area contributed by atoms with Crippen LogP contribution >= 0.6 is 12.4 Å². The molecule has 1 aliphatic carbocycles. The summed E-state index contributed by atoms with van der Waals surface area (Å²) in [6, 6.07) is 7.42. The molecule has 1 amide bonds. The van der Waals surface area contributed by atoms with E-state index in [-0.39, 0.29) is 24.2 Å². The lowest BCUT2D eigenvalue weighted by atomic mass is 9.81. The molecule has 0 saturated heterocycles. The Balaban J connectivity index is 0.00000200. The number of methoxy groups -OCH3 is 1.